The zero-order valence-corrected chi connectivity index (χ0v) is 10.2. The van der Waals surface area contributed by atoms with Crippen molar-refractivity contribution in [3.8, 4) is 11.8 Å². The van der Waals surface area contributed by atoms with Crippen LogP contribution < -0.4 is 0 Å². The zero-order chi connectivity index (χ0) is 15.6. The van der Waals surface area contributed by atoms with E-state index >= 15 is 0 Å². The molecule has 0 heterocycles. The standard InChI is InChI=1S/C14H5F4NO2/c15-10-9(7-6-8-4-2-1-3-5-8)14(19(20)21)13(18)12(17)11(10)16/h1-5H. The maximum absolute atomic E-state index is 13.6. The van der Waals surface area contributed by atoms with Crippen molar-refractivity contribution in [2.24, 2.45) is 0 Å². The van der Waals surface area contributed by atoms with Gasteiger partial charge in [-0.2, -0.15) is 4.39 Å². The van der Waals surface area contributed by atoms with Crippen molar-refractivity contribution < 1.29 is 22.5 Å². The van der Waals surface area contributed by atoms with E-state index in [2.05, 4.69) is 5.92 Å². The molecule has 0 aliphatic carbocycles. The summed E-state index contributed by atoms with van der Waals surface area (Å²) in [5, 5.41) is 10.7. The minimum atomic E-state index is -2.25. The van der Waals surface area contributed by atoms with Gasteiger partial charge in [0.15, 0.2) is 11.6 Å². The molecule has 0 bridgehead atoms. The van der Waals surface area contributed by atoms with Crippen LogP contribution in [0.2, 0.25) is 0 Å². The third-order valence-electron chi connectivity index (χ3n) is 2.53. The molecule has 2 aromatic rings. The first kappa shape index (κ1) is 14.5. The fraction of sp³-hybridized carbons (Fsp3) is 0. The van der Waals surface area contributed by atoms with Crippen LogP contribution >= 0.6 is 0 Å². The molecule has 0 N–H and O–H groups in total. The van der Waals surface area contributed by atoms with Crippen LogP contribution in [0.4, 0.5) is 23.2 Å². The molecule has 106 valence electrons. The smallest absolute Gasteiger partial charge is 0.258 e. The van der Waals surface area contributed by atoms with Gasteiger partial charge in [-0.1, -0.05) is 30.0 Å². The fourth-order valence-electron chi connectivity index (χ4n) is 1.56. The Morgan fingerprint density at radius 1 is 0.857 bits per heavy atom. The van der Waals surface area contributed by atoms with Crippen LogP contribution in [0, 0.1) is 45.2 Å². The molecule has 0 radical (unpaired) electrons. The maximum Gasteiger partial charge on any atom is 0.326 e. The molecule has 0 spiro atoms. The molecule has 0 aromatic heterocycles. The van der Waals surface area contributed by atoms with E-state index in [-0.39, 0.29) is 0 Å². The Kier molecular flexibility index (Phi) is 3.89. The molecule has 2 aromatic carbocycles. The van der Waals surface area contributed by atoms with E-state index in [0.29, 0.717) is 5.56 Å². The number of rotatable bonds is 1. The van der Waals surface area contributed by atoms with Gasteiger partial charge < -0.3 is 0 Å². The van der Waals surface area contributed by atoms with Crippen LogP contribution in [0.1, 0.15) is 11.1 Å². The topological polar surface area (TPSA) is 43.1 Å². The van der Waals surface area contributed by atoms with Gasteiger partial charge in [-0.25, -0.2) is 13.2 Å². The number of nitro benzene ring substituents is 1. The number of benzene rings is 2. The largest absolute Gasteiger partial charge is 0.326 e. The van der Waals surface area contributed by atoms with Gasteiger partial charge in [-0.05, 0) is 12.1 Å². The Labute approximate surface area is 116 Å². The number of nitrogens with zero attached hydrogens (tertiary/aromatic N) is 1. The number of hydrogen-bond acceptors (Lipinski definition) is 2. The maximum atomic E-state index is 13.6. The van der Waals surface area contributed by atoms with E-state index in [1.54, 1.807) is 18.2 Å². The minimum Gasteiger partial charge on any atom is -0.258 e. The van der Waals surface area contributed by atoms with E-state index in [1.165, 1.54) is 12.1 Å². The lowest BCUT2D eigenvalue weighted by atomic mass is 10.1. The van der Waals surface area contributed by atoms with Crippen LogP contribution in [0.5, 0.6) is 0 Å². The summed E-state index contributed by atoms with van der Waals surface area (Å²) in [5.41, 5.74) is -2.33. The molecule has 0 fully saturated rings. The summed E-state index contributed by atoms with van der Waals surface area (Å²) < 4.78 is 53.1. The summed E-state index contributed by atoms with van der Waals surface area (Å²) in [6.07, 6.45) is 0. The SMILES string of the molecule is O=[N+]([O-])c1c(F)c(F)c(F)c(F)c1C#Cc1ccccc1. The van der Waals surface area contributed by atoms with Crippen molar-refractivity contribution in [1.29, 1.82) is 0 Å². The molecule has 0 aliphatic rings. The highest BCUT2D eigenvalue weighted by molar-refractivity contribution is 5.55. The highest BCUT2D eigenvalue weighted by Gasteiger charge is 2.32. The summed E-state index contributed by atoms with van der Waals surface area (Å²) in [6.45, 7) is 0. The van der Waals surface area contributed by atoms with Crippen molar-refractivity contribution >= 4 is 5.69 Å². The monoisotopic (exact) mass is 295 g/mol. The number of nitro groups is 1. The summed E-state index contributed by atoms with van der Waals surface area (Å²) >= 11 is 0. The van der Waals surface area contributed by atoms with Gasteiger partial charge in [0.2, 0.25) is 11.6 Å². The minimum absolute atomic E-state index is 0.344. The third kappa shape index (κ3) is 2.69. The molecule has 0 saturated heterocycles. The highest BCUT2D eigenvalue weighted by atomic mass is 19.2. The van der Waals surface area contributed by atoms with Gasteiger partial charge in [0.25, 0.3) is 0 Å². The van der Waals surface area contributed by atoms with Crippen molar-refractivity contribution in [3.05, 3.63) is 74.8 Å². The van der Waals surface area contributed by atoms with E-state index < -0.39 is 39.4 Å². The molecular weight excluding hydrogens is 290 g/mol. The summed E-state index contributed by atoms with van der Waals surface area (Å²) in [5.74, 6) is -4.08. The number of hydrogen-bond donors (Lipinski definition) is 0. The molecule has 0 aliphatic heterocycles. The van der Waals surface area contributed by atoms with E-state index in [1.807, 2.05) is 5.92 Å². The van der Waals surface area contributed by atoms with Gasteiger partial charge in [-0.15, -0.1) is 0 Å². The van der Waals surface area contributed by atoms with Crippen molar-refractivity contribution in [1.82, 2.24) is 0 Å². The molecule has 0 unspecified atom stereocenters. The van der Waals surface area contributed by atoms with E-state index in [9.17, 15) is 27.7 Å². The van der Waals surface area contributed by atoms with Crippen LogP contribution in [0.3, 0.4) is 0 Å². The van der Waals surface area contributed by atoms with Crippen molar-refractivity contribution in [2.75, 3.05) is 0 Å². The first-order valence-corrected chi connectivity index (χ1v) is 5.51. The lowest BCUT2D eigenvalue weighted by Crippen LogP contribution is -2.06. The molecule has 0 amide bonds. The average Bonchev–Trinajstić information content (AvgIpc) is 2.48. The molecule has 3 nitrogen and oxygen atoms in total. The predicted molar refractivity (Wildman–Crippen MR) is 65.4 cm³/mol. The summed E-state index contributed by atoms with van der Waals surface area (Å²) in [4.78, 5) is 9.36. The fourth-order valence-corrected chi connectivity index (χ4v) is 1.56. The van der Waals surface area contributed by atoms with Crippen molar-refractivity contribution in [2.45, 2.75) is 0 Å². The first-order chi connectivity index (χ1) is 9.93. The van der Waals surface area contributed by atoms with Crippen molar-refractivity contribution in [3.63, 3.8) is 0 Å². The molecule has 0 atom stereocenters. The molecule has 7 heteroatoms. The molecular formula is C14H5F4NO2. The Hall–Kier alpha value is -2.88. The Morgan fingerprint density at radius 2 is 1.43 bits per heavy atom. The average molecular weight is 295 g/mol. The first-order valence-electron chi connectivity index (χ1n) is 5.51. The summed E-state index contributed by atoms with van der Waals surface area (Å²) in [7, 11) is 0. The zero-order valence-electron chi connectivity index (χ0n) is 10.2. The molecule has 0 saturated carbocycles. The number of halogens is 4. The lowest BCUT2D eigenvalue weighted by Gasteiger charge is -2.02. The van der Waals surface area contributed by atoms with Crippen LogP contribution in [0.25, 0.3) is 0 Å². The van der Waals surface area contributed by atoms with Crippen LogP contribution in [-0.2, 0) is 0 Å². The third-order valence-corrected chi connectivity index (χ3v) is 2.53. The second kappa shape index (κ2) is 5.63. The van der Waals surface area contributed by atoms with Crippen LogP contribution in [-0.4, -0.2) is 4.92 Å². The summed E-state index contributed by atoms with van der Waals surface area (Å²) in [6, 6.07) is 7.88. The molecule has 21 heavy (non-hydrogen) atoms. The normalized spacial score (nSPS) is 9.90. The van der Waals surface area contributed by atoms with E-state index in [4.69, 9.17) is 0 Å². The Morgan fingerprint density at radius 3 is 2.00 bits per heavy atom. The van der Waals surface area contributed by atoms with Crippen LogP contribution in [0.15, 0.2) is 30.3 Å². The van der Waals surface area contributed by atoms with Gasteiger partial charge in [-0.3, -0.25) is 10.1 Å². The lowest BCUT2D eigenvalue weighted by molar-refractivity contribution is -0.388. The van der Waals surface area contributed by atoms with E-state index in [0.717, 1.165) is 0 Å². The van der Waals surface area contributed by atoms with Gasteiger partial charge in [0, 0.05) is 5.56 Å². The van der Waals surface area contributed by atoms with Gasteiger partial charge >= 0.3 is 5.69 Å². The predicted octanol–water partition coefficient (Wildman–Crippen LogP) is 3.55. The second-order valence-electron chi connectivity index (χ2n) is 3.85. The molecule has 2 rings (SSSR count). The van der Waals surface area contributed by atoms with Gasteiger partial charge in [0.05, 0.1) is 4.92 Å². The Balaban J connectivity index is 2.69. The second-order valence-corrected chi connectivity index (χ2v) is 3.85. The Bertz CT molecular complexity index is 779. The van der Waals surface area contributed by atoms with Gasteiger partial charge in [0.1, 0.15) is 5.56 Å². The highest BCUT2D eigenvalue weighted by Crippen LogP contribution is 2.29. The quantitative estimate of drug-likeness (QED) is 0.202.